The van der Waals surface area contributed by atoms with Crippen LogP contribution in [0.3, 0.4) is 0 Å². The maximum Gasteiger partial charge on any atom is 0.243 e. The van der Waals surface area contributed by atoms with Gasteiger partial charge in [0.1, 0.15) is 0 Å². The average Bonchev–Trinajstić information content (AvgIpc) is 3.20. The van der Waals surface area contributed by atoms with Crippen LogP contribution in [0.2, 0.25) is 0 Å². The molecule has 0 radical (unpaired) electrons. The molecule has 0 saturated carbocycles. The molecule has 0 aliphatic heterocycles. The third kappa shape index (κ3) is 6.20. The Labute approximate surface area is 189 Å². The van der Waals surface area contributed by atoms with Gasteiger partial charge in [-0.25, -0.2) is 13.2 Å². The molecular weight excluding hydrogens is 463 g/mol. The third-order valence-electron chi connectivity index (χ3n) is 4.09. The molecule has 3 N–H and O–H groups in total. The van der Waals surface area contributed by atoms with Crippen LogP contribution < -0.4 is 16.0 Å². The van der Waals surface area contributed by atoms with Crippen LogP contribution in [0, 0.1) is 24.4 Å². The highest BCUT2D eigenvalue weighted by Gasteiger charge is 2.19. The summed E-state index contributed by atoms with van der Waals surface area (Å²) in [7, 11) is 0. The van der Waals surface area contributed by atoms with Gasteiger partial charge in [0.2, 0.25) is 16.9 Å². The number of amides is 2. The van der Waals surface area contributed by atoms with Crippen molar-refractivity contribution in [3.63, 3.8) is 0 Å². The number of aromatic nitrogens is 2. The second-order valence-electron chi connectivity index (χ2n) is 6.61. The van der Waals surface area contributed by atoms with Crippen molar-refractivity contribution in [2.45, 2.75) is 23.4 Å². The second kappa shape index (κ2) is 10.5. The van der Waals surface area contributed by atoms with E-state index in [0.29, 0.717) is 15.5 Å². The minimum atomic E-state index is -1.69. The van der Waals surface area contributed by atoms with Crippen LogP contribution >= 0.6 is 23.1 Å². The van der Waals surface area contributed by atoms with E-state index in [9.17, 15) is 22.8 Å². The fraction of sp³-hybridized carbons (Fsp3) is 0.200. The van der Waals surface area contributed by atoms with Crippen molar-refractivity contribution in [1.29, 1.82) is 0 Å². The lowest BCUT2D eigenvalue weighted by Crippen LogP contribution is -2.37. The topological polar surface area (TPSA) is 96.0 Å². The minimum absolute atomic E-state index is 0.459. The van der Waals surface area contributed by atoms with E-state index in [1.165, 1.54) is 11.3 Å². The predicted molar refractivity (Wildman–Crippen MR) is 118 cm³/mol. The number of benzene rings is 2. The predicted octanol–water partition coefficient (Wildman–Crippen LogP) is 4.24. The van der Waals surface area contributed by atoms with E-state index in [1.54, 1.807) is 6.92 Å². The van der Waals surface area contributed by atoms with Gasteiger partial charge in [-0.15, -0.1) is 10.2 Å². The number of nitrogens with zero attached hydrogens (tertiary/aromatic N) is 2. The summed E-state index contributed by atoms with van der Waals surface area (Å²) < 4.78 is 40.3. The van der Waals surface area contributed by atoms with Crippen LogP contribution in [0.15, 0.2) is 40.7 Å². The molecule has 1 atom stereocenters. The zero-order valence-electron chi connectivity index (χ0n) is 16.9. The second-order valence-corrected chi connectivity index (χ2v) is 9.18. The van der Waals surface area contributed by atoms with E-state index in [1.807, 2.05) is 31.2 Å². The van der Waals surface area contributed by atoms with Crippen LogP contribution in [-0.2, 0) is 9.59 Å². The molecule has 2 amide bonds. The van der Waals surface area contributed by atoms with Crippen molar-refractivity contribution in [2.75, 3.05) is 17.2 Å². The summed E-state index contributed by atoms with van der Waals surface area (Å²) in [6.07, 6.45) is 0. The third-order valence-corrected chi connectivity index (χ3v) is 6.11. The average molecular weight is 482 g/mol. The van der Waals surface area contributed by atoms with Gasteiger partial charge in [-0.3, -0.25) is 9.59 Å². The monoisotopic (exact) mass is 481 g/mol. The minimum Gasteiger partial charge on any atom is -0.346 e. The Bertz CT molecular complexity index is 1120. The maximum atomic E-state index is 13.6. The molecule has 7 nitrogen and oxygen atoms in total. The lowest BCUT2D eigenvalue weighted by atomic mass is 10.2. The number of carbonyl (C=O) groups is 2. The first-order chi connectivity index (χ1) is 15.2. The molecule has 0 aliphatic carbocycles. The summed E-state index contributed by atoms with van der Waals surface area (Å²) in [6, 6.07) is 9.33. The summed E-state index contributed by atoms with van der Waals surface area (Å²) >= 11 is 2.43. The molecule has 0 fully saturated rings. The van der Waals surface area contributed by atoms with Gasteiger partial charge < -0.3 is 16.0 Å². The zero-order valence-corrected chi connectivity index (χ0v) is 18.5. The number of rotatable bonds is 8. The summed E-state index contributed by atoms with van der Waals surface area (Å²) in [4.78, 5) is 24.1. The van der Waals surface area contributed by atoms with E-state index in [0.717, 1.165) is 29.1 Å². The Morgan fingerprint density at radius 2 is 1.78 bits per heavy atom. The van der Waals surface area contributed by atoms with Crippen molar-refractivity contribution in [3.05, 3.63) is 59.4 Å². The number of anilines is 3. The normalized spacial score (nSPS) is 11.7. The fourth-order valence-electron chi connectivity index (χ4n) is 2.40. The van der Waals surface area contributed by atoms with Crippen molar-refractivity contribution < 1.29 is 22.8 Å². The molecule has 32 heavy (non-hydrogen) atoms. The molecule has 12 heteroatoms. The van der Waals surface area contributed by atoms with E-state index in [-0.39, 0.29) is 0 Å². The highest BCUT2D eigenvalue weighted by Crippen LogP contribution is 2.30. The van der Waals surface area contributed by atoms with E-state index >= 15 is 0 Å². The van der Waals surface area contributed by atoms with Crippen LogP contribution in [0.5, 0.6) is 0 Å². The molecular formula is C20H18F3N5O2S2. The Morgan fingerprint density at radius 3 is 2.50 bits per heavy atom. The number of carbonyl (C=O) groups excluding carboxylic acids is 2. The lowest BCUT2D eigenvalue weighted by molar-refractivity contribution is -0.123. The standard InChI is InChI=1S/C20H18F3N5O2S2/c1-10-3-5-12(6-4-10)25-19-27-28-20(32-19)31-11(2)18(30)24-9-15(29)26-14-8-7-13(21)16(22)17(14)23/h3-8,11H,9H2,1-2H3,(H,24,30)(H,25,27)(H,26,29). The molecule has 0 saturated heterocycles. The maximum absolute atomic E-state index is 13.6. The molecule has 1 heterocycles. The Balaban J connectivity index is 1.47. The molecule has 3 rings (SSSR count). The van der Waals surface area contributed by atoms with E-state index in [2.05, 4.69) is 26.1 Å². The van der Waals surface area contributed by atoms with Gasteiger partial charge in [-0.1, -0.05) is 40.8 Å². The summed E-state index contributed by atoms with van der Waals surface area (Å²) in [6.45, 7) is 3.14. The number of halogens is 3. The van der Waals surface area contributed by atoms with Gasteiger partial charge in [-0.05, 0) is 38.1 Å². The molecule has 0 aliphatic rings. The van der Waals surface area contributed by atoms with Crippen LogP contribution in [-0.4, -0.2) is 33.8 Å². The molecule has 168 valence electrons. The van der Waals surface area contributed by atoms with Crippen LogP contribution in [0.25, 0.3) is 0 Å². The summed E-state index contributed by atoms with van der Waals surface area (Å²) in [5, 5.41) is 15.6. The number of thioether (sulfide) groups is 1. The summed E-state index contributed by atoms with van der Waals surface area (Å²) in [5.74, 6) is -5.82. The van der Waals surface area contributed by atoms with Crippen molar-refractivity contribution in [2.24, 2.45) is 0 Å². The largest absolute Gasteiger partial charge is 0.346 e. The number of hydrogen-bond donors (Lipinski definition) is 3. The lowest BCUT2D eigenvalue weighted by Gasteiger charge is -2.11. The van der Waals surface area contributed by atoms with Crippen molar-refractivity contribution >= 4 is 51.4 Å². The zero-order chi connectivity index (χ0) is 23.3. The van der Waals surface area contributed by atoms with Gasteiger partial charge in [-0.2, -0.15) is 0 Å². The molecule has 0 spiro atoms. The SMILES string of the molecule is Cc1ccc(Nc2nnc(SC(C)C(=O)NCC(=O)Nc3ccc(F)c(F)c3F)s2)cc1. The Kier molecular flexibility index (Phi) is 7.70. The van der Waals surface area contributed by atoms with Gasteiger partial charge >= 0.3 is 0 Å². The van der Waals surface area contributed by atoms with Gasteiger partial charge in [0.25, 0.3) is 0 Å². The highest BCUT2D eigenvalue weighted by atomic mass is 32.2. The fourth-order valence-corrected chi connectivity index (χ4v) is 4.34. The number of nitrogens with one attached hydrogen (secondary N) is 3. The molecule has 3 aromatic rings. The van der Waals surface area contributed by atoms with E-state index < -0.39 is 46.7 Å². The first kappa shape index (κ1) is 23.5. The molecule has 1 unspecified atom stereocenters. The van der Waals surface area contributed by atoms with Crippen molar-refractivity contribution in [1.82, 2.24) is 15.5 Å². The van der Waals surface area contributed by atoms with E-state index in [4.69, 9.17) is 0 Å². The van der Waals surface area contributed by atoms with Gasteiger partial charge in [0.05, 0.1) is 17.5 Å². The first-order valence-electron chi connectivity index (χ1n) is 9.28. The molecule has 2 aromatic carbocycles. The Morgan fingerprint density at radius 1 is 1.06 bits per heavy atom. The van der Waals surface area contributed by atoms with Crippen molar-refractivity contribution in [3.8, 4) is 0 Å². The van der Waals surface area contributed by atoms with Gasteiger partial charge in [0.15, 0.2) is 21.8 Å². The number of aryl methyl sites for hydroxylation is 1. The first-order valence-corrected chi connectivity index (χ1v) is 11.0. The van der Waals surface area contributed by atoms with Crippen LogP contribution in [0.1, 0.15) is 12.5 Å². The van der Waals surface area contributed by atoms with Gasteiger partial charge in [0, 0.05) is 5.69 Å². The van der Waals surface area contributed by atoms with Crippen LogP contribution in [0.4, 0.5) is 29.7 Å². The highest BCUT2D eigenvalue weighted by molar-refractivity contribution is 8.02. The smallest absolute Gasteiger partial charge is 0.243 e. The summed E-state index contributed by atoms with van der Waals surface area (Å²) in [5.41, 5.74) is 1.47. The quantitative estimate of drug-likeness (QED) is 0.329. The Hall–Kier alpha value is -3.12. The number of hydrogen-bond acceptors (Lipinski definition) is 7. The molecule has 1 aromatic heterocycles. The molecule has 0 bridgehead atoms.